The Bertz CT molecular complexity index is 723. The van der Waals surface area contributed by atoms with Crippen molar-refractivity contribution in [1.82, 2.24) is 9.97 Å². The first-order valence-electron chi connectivity index (χ1n) is 8.55. The molecule has 2 aliphatic rings. The molecule has 6 heteroatoms. The van der Waals surface area contributed by atoms with Crippen molar-refractivity contribution in [2.45, 2.75) is 25.8 Å². The topological polar surface area (TPSA) is 44.3 Å². The first kappa shape index (κ1) is 15.5. The molecular weight excluding hydrogens is 322 g/mol. The number of aryl methyl sites for hydroxylation is 1. The summed E-state index contributed by atoms with van der Waals surface area (Å²) in [6.07, 6.45) is 2.45. The van der Waals surface area contributed by atoms with E-state index in [9.17, 15) is 0 Å². The third kappa shape index (κ3) is 3.56. The molecule has 1 aromatic carbocycles. The van der Waals surface area contributed by atoms with E-state index >= 15 is 0 Å². The standard InChI is InChI=1S/C18H22ClN5/c1-13-11-17(22-18(20-13)21-15-5-6-15)24-9-7-23(8-10-24)16-4-2-3-14(19)12-16/h2-4,11-12,15H,5-10H2,1H3,(H,20,21,22). The lowest BCUT2D eigenvalue weighted by Gasteiger charge is -2.37. The Morgan fingerprint density at radius 1 is 1.04 bits per heavy atom. The highest BCUT2D eigenvalue weighted by atomic mass is 35.5. The van der Waals surface area contributed by atoms with Gasteiger partial charge in [-0.1, -0.05) is 17.7 Å². The molecule has 1 aliphatic carbocycles. The van der Waals surface area contributed by atoms with Crippen LogP contribution >= 0.6 is 11.6 Å². The molecule has 1 saturated heterocycles. The summed E-state index contributed by atoms with van der Waals surface area (Å²) in [6, 6.07) is 10.7. The van der Waals surface area contributed by atoms with E-state index in [1.165, 1.54) is 18.5 Å². The predicted octanol–water partition coefficient (Wildman–Crippen LogP) is 3.34. The maximum Gasteiger partial charge on any atom is 0.225 e. The van der Waals surface area contributed by atoms with Crippen LogP contribution in [0.5, 0.6) is 0 Å². The van der Waals surface area contributed by atoms with Crippen molar-refractivity contribution in [3.05, 3.63) is 41.0 Å². The number of benzene rings is 1. The molecule has 4 rings (SSSR count). The molecule has 0 radical (unpaired) electrons. The number of aromatic nitrogens is 2. The minimum atomic E-state index is 0.569. The monoisotopic (exact) mass is 343 g/mol. The van der Waals surface area contributed by atoms with E-state index in [4.69, 9.17) is 16.6 Å². The molecule has 0 atom stereocenters. The van der Waals surface area contributed by atoms with Crippen LogP contribution in [-0.4, -0.2) is 42.2 Å². The van der Waals surface area contributed by atoms with Crippen molar-refractivity contribution in [2.75, 3.05) is 41.3 Å². The minimum absolute atomic E-state index is 0.569. The summed E-state index contributed by atoms with van der Waals surface area (Å²) in [7, 11) is 0. The number of nitrogens with zero attached hydrogens (tertiary/aromatic N) is 4. The second kappa shape index (κ2) is 6.48. The molecule has 2 aromatic rings. The highest BCUT2D eigenvalue weighted by molar-refractivity contribution is 6.30. The van der Waals surface area contributed by atoms with Crippen LogP contribution in [-0.2, 0) is 0 Å². The van der Waals surface area contributed by atoms with Gasteiger partial charge in [0.2, 0.25) is 5.95 Å². The Balaban J connectivity index is 1.44. The molecule has 1 N–H and O–H groups in total. The summed E-state index contributed by atoms with van der Waals surface area (Å²) in [6.45, 7) is 5.87. The van der Waals surface area contributed by atoms with Gasteiger partial charge in [-0.05, 0) is 38.0 Å². The largest absolute Gasteiger partial charge is 0.368 e. The molecule has 2 fully saturated rings. The highest BCUT2D eigenvalue weighted by Gasteiger charge is 2.23. The average Bonchev–Trinajstić information content (AvgIpc) is 3.38. The Kier molecular flexibility index (Phi) is 4.19. The van der Waals surface area contributed by atoms with Crippen molar-refractivity contribution in [1.29, 1.82) is 0 Å². The molecule has 0 amide bonds. The summed E-state index contributed by atoms with van der Waals surface area (Å²) in [4.78, 5) is 13.9. The fourth-order valence-corrected chi connectivity index (χ4v) is 3.24. The molecule has 0 bridgehead atoms. The lowest BCUT2D eigenvalue weighted by atomic mass is 10.2. The lowest BCUT2D eigenvalue weighted by Crippen LogP contribution is -2.47. The van der Waals surface area contributed by atoms with Gasteiger partial charge in [0.1, 0.15) is 5.82 Å². The number of anilines is 3. The molecule has 1 aliphatic heterocycles. The zero-order valence-corrected chi connectivity index (χ0v) is 14.6. The molecular formula is C18H22ClN5. The van der Waals surface area contributed by atoms with E-state index in [0.29, 0.717) is 6.04 Å². The van der Waals surface area contributed by atoms with Gasteiger partial charge in [-0.15, -0.1) is 0 Å². The SMILES string of the molecule is Cc1cc(N2CCN(c3cccc(Cl)c3)CC2)nc(NC2CC2)n1. The third-order valence-electron chi connectivity index (χ3n) is 4.53. The van der Waals surface area contributed by atoms with Gasteiger partial charge in [0.25, 0.3) is 0 Å². The molecule has 1 aromatic heterocycles. The quantitative estimate of drug-likeness (QED) is 0.922. The molecule has 1 saturated carbocycles. The lowest BCUT2D eigenvalue weighted by molar-refractivity contribution is 0.646. The van der Waals surface area contributed by atoms with Crippen LogP contribution in [0.15, 0.2) is 30.3 Å². The van der Waals surface area contributed by atoms with Crippen molar-refractivity contribution in [3.8, 4) is 0 Å². The number of hydrogen-bond donors (Lipinski definition) is 1. The van der Waals surface area contributed by atoms with Gasteiger partial charge in [-0.25, -0.2) is 4.98 Å². The van der Waals surface area contributed by atoms with E-state index < -0.39 is 0 Å². The molecule has 24 heavy (non-hydrogen) atoms. The van der Waals surface area contributed by atoms with E-state index in [1.54, 1.807) is 0 Å². The van der Waals surface area contributed by atoms with Crippen LogP contribution in [0.25, 0.3) is 0 Å². The maximum atomic E-state index is 6.11. The number of hydrogen-bond acceptors (Lipinski definition) is 5. The Morgan fingerprint density at radius 3 is 2.50 bits per heavy atom. The molecule has 0 spiro atoms. The van der Waals surface area contributed by atoms with Crippen LogP contribution in [0.4, 0.5) is 17.5 Å². The van der Waals surface area contributed by atoms with Crippen LogP contribution in [0.3, 0.4) is 0 Å². The molecule has 2 heterocycles. The Hall–Kier alpha value is -2.01. The maximum absolute atomic E-state index is 6.11. The van der Waals surface area contributed by atoms with Crippen molar-refractivity contribution >= 4 is 29.1 Å². The van der Waals surface area contributed by atoms with E-state index in [1.807, 2.05) is 25.1 Å². The average molecular weight is 344 g/mol. The zero-order valence-electron chi connectivity index (χ0n) is 13.9. The predicted molar refractivity (Wildman–Crippen MR) is 99.3 cm³/mol. The second-order valence-electron chi connectivity index (χ2n) is 6.56. The van der Waals surface area contributed by atoms with Gasteiger partial charge in [0.05, 0.1) is 0 Å². The van der Waals surface area contributed by atoms with Gasteiger partial charge in [-0.2, -0.15) is 4.98 Å². The summed E-state index contributed by atoms with van der Waals surface area (Å²) in [5.41, 5.74) is 2.21. The first-order valence-corrected chi connectivity index (χ1v) is 8.93. The Morgan fingerprint density at radius 2 is 1.79 bits per heavy atom. The summed E-state index contributed by atoms with van der Waals surface area (Å²) >= 11 is 6.11. The van der Waals surface area contributed by atoms with Crippen molar-refractivity contribution in [3.63, 3.8) is 0 Å². The van der Waals surface area contributed by atoms with Crippen LogP contribution < -0.4 is 15.1 Å². The third-order valence-corrected chi connectivity index (χ3v) is 4.76. The van der Waals surface area contributed by atoms with Crippen molar-refractivity contribution < 1.29 is 0 Å². The first-order chi connectivity index (χ1) is 11.7. The molecule has 5 nitrogen and oxygen atoms in total. The van der Waals surface area contributed by atoms with Crippen molar-refractivity contribution in [2.24, 2.45) is 0 Å². The summed E-state index contributed by atoms with van der Waals surface area (Å²) in [5, 5.41) is 4.19. The van der Waals surface area contributed by atoms with E-state index in [2.05, 4.69) is 32.2 Å². The normalized spacial score (nSPS) is 17.9. The summed E-state index contributed by atoms with van der Waals surface area (Å²) < 4.78 is 0. The fourth-order valence-electron chi connectivity index (χ4n) is 3.06. The van der Waals surface area contributed by atoms with E-state index in [-0.39, 0.29) is 0 Å². The number of piperazine rings is 1. The van der Waals surface area contributed by atoms with Gasteiger partial charge in [0, 0.05) is 54.7 Å². The van der Waals surface area contributed by atoms with Crippen LogP contribution in [0.1, 0.15) is 18.5 Å². The van der Waals surface area contributed by atoms with Gasteiger partial charge in [0.15, 0.2) is 0 Å². The molecule has 0 unspecified atom stereocenters. The fraction of sp³-hybridized carbons (Fsp3) is 0.444. The van der Waals surface area contributed by atoms with E-state index in [0.717, 1.165) is 48.7 Å². The summed E-state index contributed by atoms with van der Waals surface area (Å²) in [5.74, 6) is 1.79. The second-order valence-corrected chi connectivity index (χ2v) is 7.00. The molecule has 126 valence electrons. The van der Waals surface area contributed by atoms with Crippen LogP contribution in [0, 0.1) is 6.92 Å². The van der Waals surface area contributed by atoms with Gasteiger partial charge < -0.3 is 15.1 Å². The number of nitrogens with one attached hydrogen (secondary N) is 1. The van der Waals surface area contributed by atoms with Gasteiger partial charge >= 0.3 is 0 Å². The van der Waals surface area contributed by atoms with Crippen LogP contribution in [0.2, 0.25) is 5.02 Å². The zero-order chi connectivity index (χ0) is 16.5. The smallest absolute Gasteiger partial charge is 0.225 e. The Labute approximate surface area is 147 Å². The number of halogens is 1. The minimum Gasteiger partial charge on any atom is -0.368 e. The number of rotatable bonds is 4. The highest BCUT2D eigenvalue weighted by Crippen LogP contribution is 2.25. The van der Waals surface area contributed by atoms with Gasteiger partial charge in [-0.3, -0.25) is 0 Å².